The summed E-state index contributed by atoms with van der Waals surface area (Å²) in [5, 5.41) is 9.00. The fourth-order valence-electron chi connectivity index (χ4n) is 3.60. The van der Waals surface area contributed by atoms with Gasteiger partial charge in [0.05, 0.1) is 18.7 Å². The van der Waals surface area contributed by atoms with Crippen molar-refractivity contribution in [1.82, 2.24) is 4.57 Å². The van der Waals surface area contributed by atoms with E-state index in [1.165, 1.54) is 18.2 Å². The highest BCUT2D eigenvalue weighted by Crippen LogP contribution is 2.28. The van der Waals surface area contributed by atoms with Gasteiger partial charge in [-0.1, -0.05) is 6.07 Å². The van der Waals surface area contributed by atoms with E-state index < -0.39 is 0 Å². The second kappa shape index (κ2) is 8.24. The number of aromatic nitrogens is 1. The molecule has 0 amide bonds. The van der Waals surface area contributed by atoms with E-state index in [2.05, 4.69) is 42.7 Å². The Morgan fingerprint density at radius 1 is 1.00 bits per heavy atom. The third kappa shape index (κ3) is 4.17. The Kier molecular flexibility index (Phi) is 5.74. The molecular weight excluding hydrogens is 364 g/mol. The Hall–Kier alpha value is -3.52. The lowest BCUT2D eigenvalue weighted by molar-refractivity contribution is 0.0919. The first-order valence-corrected chi connectivity index (χ1v) is 9.35. The number of methoxy groups -OCH3 is 1. The number of aryl methyl sites for hydroxylation is 3. The number of nitriles is 1. The first-order chi connectivity index (χ1) is 13.8. The Labute approximate surface area is 171 Å². The van der Waals surface area contributed by atoms with Crippen molar-refractivity contribution in [2.24, 2.45) is 0 Å². The molecule has 0 N–H and O–H groups in total. The Morgan fingerprint density at radius 2 is 1.69 bits per heavy atom. The highest BCUT2D eigenvalue weighted by molar-refractivity contribution is 5.98. The summed E-state index contributed by atoms with van der Waals surface area (Å²) in [6.07, 6.45) is 0. The molecule has 0 unspecified atom stereocenters. The van der Waals surface area contributed by atoms with Crippen LogP contribution < -0.4 is 9.47 Å². The lowest BCUT2D eigenvalue weighted by Gasteiger charge is -2.12. The fourth-order valence-corrected chi connectivity index (χ4v) is 3.60. The molecule has 5 heteroatoms. The molecule has 1 heterocycles. The molecule has 0 spiro atoms. The summed E-state index contributed by atoms with van der Waals surface area (Å²) in [7, 11) is 1.50. The largest absolute Gasteiger partial charge is 0.493 e. The zero-order chi connectivity index (χ0) is 21.1. The van der Waals surface area contributed by atoms with E-state index in [9.17, 15) is 4.79 Å². The van der Waals surface area contributed by atoms with E-state index in [1.807, 2.05) is 19.9 Å². The molecule has 2 aromatic carbocycles. The Bertz CT molecular complexity index is 1100. The van der Waals surface area contributed by atoms with Crippen LogP contribution in [0.1, 0.15) is 38.4 Å². The van der Waals surface area contributed by atoms with Crippen LogP contribution in [0.25, 0.3) is 5.69 Å². The van der Waals surface area contributed by atoms with Crippen molar-refractivity contribution in [3.05, 3.63) is 76.1 Å². The molecular formula is C24H24N2O3. The maximum Gasteiger partial charge on any atom is 0.202 e. The number of carbonyl (C=O) groups is 1. The van der Waals surface area contributed by atoms with Gasteiger partial charge in [-0.25, -0.2) is 0 Å². The van der Waals surface area contributed by atoms with Crippen molar-refractivity contribution in [2.45, 2.75) is 27.7 Å². The normalized spacial score (nSPS) is 10.5. The molecule has 1 aromatic heterocycles. The molecule has 0 aliphatic heterocycles. The van der Waals surface area contributed by atoms with E-state index >= 15 is 0 Å². The molecule has 0 aliphatic rings. The van der Waals surface area contributed by atoms with Gasteiger partial charge in [-0.15, -0.1) is 0 Å². The van der Waals surface area contributed by atoms with Gasteiger partial charge < -0.3 is 14.0 Å². The number of ketones is 1. The number of hydrogen-bond acceptors (Lipinski definition) is 4. The summed E-state index contributed by atoms with van der Waals surface area (Å²) in [6.45, 7) is 7.95. The van der Waals surface area contributed by atoms with Gasteiger partial charge in [-0.2, -0.15) is 5.26 Å². The van der Waals surface area contributed by atoms with Crippen molar-refractivity contribution in [2.75, 3.05) is 13.7 Å². The van der Waals surface area contributed by atoms with Crippen LogP contribution in [0.15, 0.2) is 42.5 Å². The summed E-state index contributed by atoms with van der Waals surface area (Å²) in [4.78, 5) is 12.9. The average Bonchev–Trinajstić information content (AvgIpc) is 2.99. The molecule has 3 aromatic rings. The van der Waals surface area contributed by atoms with Gasteiger partial charge >= 0.3 is 0 Å². The van der Waals surface area contributed by atoms with Crippen LogP contribution in [0.5, 0.6) is 11.5 Å². The van der Waals surface area contributed by atoms with Crippen molar-refractivity contribution in [3.63, 3.8) is 0 Å². The minimum absolute atomic E-state index is 0.111. The lowest BCUT2D eigenvalue weighted by atomic mass is 10.1. The van der Waals surface area contributed by atoms with Gasteiger partial charge in [0, 0.05) is 28.7 Å². The summed E-state index contributed by atoms with van der Waals surface area (Å²) in [5.41, 5.74) is 6.38. The van der Waals surface area contributed by atoms with Gasteiger partial charge in [0.25, 0.3) is 0 Å². The zero-order valence-corrected chi connectivity index (χ0v) is 17.4. The number of rotatable bonds is 6. The van der Waals surface area contributed by atoms with Crippen LogP contribution in [-0.4, -0.2) is 24.1 Å². The average molecular weight is 388 g/mol. The van der Waals surface area contributed by atoms with Gasteiger partial charge in [0.1, 0.15) is 0 Å². The SMILES string of the molecule is COc1cc(C#N)ccc1OCC(=O)c1cc(C)n(-c2cc(C)cc(C)c2)c1C. The molecule has 0 bridgehead atoms. The molecule has 5 nitrogen and oxygen atoms in total. The van der Waals surface area contributed by atoms with E-state index in [0.717, 1.165) is 17.1 Å². The van der Waals surface area contributed by atoms with E-state index in [-0.39, 0.29) is 12.4 Å². The molecule has 148 valence electrons. The summed E-state index contributed by atoms with van der Waals surface area (Å²) in [5.74, 6) is 0.751. The minimum atomic E-state index is -0.112. The van der Waals surface area contributed by atoms with E-state index in [0.29, 0.717) is 22.6 Å². The Balaban J connectivity index is 1.85. The van der Waals surface area contributed by atoms with Crippen molar-refractivity contribution < 1.29 is 14.3 Å². The predicted octanol–water partition coefficient (Wildman–Crippen LogP) is 4.85. The third-order valence-electron chi connectivity index (χ3n) is 4.85. The minimum Gasteiger partial charge on any atom is -0.493 e. The zero-order valence-electron chi connectivity index (χ0n) is 17.4. The molecule has 0 fully saturated rings. The number of benzene rings is 2. The number of ether oxygens (including phenoxy) is 2. The highest BCUT2D eigenvalue weighted by atomic mass is 16.5. The summed E-state index contributed by atoms with van der Waals surface area (Å²) >= 11 is 0. The molecule has 29 heavy (non-hydrogen) atoms. The monoisotopic (exact) mass is 388 g/mol. The number of hydrogen-bond donors (Lipinski definition) is 0. The third-order valence-corrected chi connectivity index (χ3v) is 4.85. The molecule has 0 saturated heterocycles. The number of nitrogens with zero attached hydrogens (tertiary/aromatic N) is 2. The first kappa shape index (κ1) is 20.2. The van der Waals surface area contributed by atoms with Crippen LogP contribution in [-0.2, 0) is 0 Å². The van der Waals surface area contributed by atoms with Crippen LogP contribution in [0.2, 0.25) is 0 Å². The predicted molar refractivity (Wildman–Crippen MR) is 112 cm³/mol. The molecule has 0 radical (unpaired) electrons. The van der Waals surface area contributed by atoms with Crippen LogP contribution in [0, 0.1) is 39.0 Å². The van der Waals surface area contributed by atoms with Gasteiger partial charge in [0.15, 0.2) is 18.1 Å². The smallest absolute Gasteiger partial charge is 0.202 e. The second-order valence-corrected chi connectivity index (χ2v) is 7.16. The van der Waals surface area contributed by atoms with Crippen LogP contribution >= 0.6 is 0 Å². The summed E-state index contributed by atoms with van der Waals surface area (Å²) < 4.78 is 13.1. The molecule has 0 saturated carbocycles. The maximum atomic E-state index is 12.9. The number of carbonyl (C=O) groups excluding carboxylic acids is 1. The standard InChI is InChI=1S/C24H24N2O3/c1-15-8-16(2)10-20(9-15)26-17(3)11-21(18(26)4)22(27)14-29-23-7-6-19(13-25)12-24(23)28-5/h6-12H,14H2,1-5H3. The van der Waals surface area contributed by atoms with Crippen molar-refractivity contribution >= 4 is 5.78 Å². The number of Topliss-reactive ketones (excluding diaryl/α,β-unsaturated/α-hetero) is 1. The van der Waals surface area contributed by atoms with Gasteiger partial charge in [0.2, 0.25) is 5.78 Å². The quantitative estimate of drug-likeness (QED) is 0.566. The van der Waals surface area contributed by atoms with Gasteiger partial charge in [-0.05, 0) is 69.2 Å². The van der Waals surface area contributed by atoms with Crippen molar-refractivity contribution in [3.8, 4) is 23.3 Å². The highest BCUT2D eigenvalue weighted by Gasteiger charge is 2.18. The first-order valence-electron chi connectivity index (χ1n) is 9.35. The maximum absolute atomic E-state index is 12.9. The lowest BCUT2D eigenvalue weighted by Crippen LogP contribution is -2.13. The van der Waals surface area contributed by atoms with Crippen LogP contribution in [0.3, 0.4) is 0 Å². The molecule has 0 atom stereocenters. The van der Waals surface area contributed by atoms with Gasteiger partial charge in [-0.3, -0.25) is 4.79 Å². The molecule has 0 aliphatic carbocycles. The van der Waals surface area contributed by atoms with E-state index in [1.54, 1.807) is 18.2 Å². The van der Waals surface area contributed by atoms with Crippen molar-refractivity contribution in [1.29, 1.82) is 5.26 Å². The van der Waals surface area contributed by atoms with E-state index in [4.69, 9.17) is 14.7 Å². The molecule has 3 rings (SSSR count). The topological polar surface area (TPSA) is 64.2 Å². The second-order valence-electron chi connectivity index (χ2n) is 7.16. The Morgan fingerprint density at radius 3 is 2.31 bits per heavy atom. The summed E-state index contributed by atoms with van der Waals surface area (Å²) in [6, 6.07) is 15.2. The van der Waals surface area contributed by atoms with Crippen LogP contribution in [0.4, 0.5) is 0 Å². The fraction of sp³-hybridized carbons (Fsp3) is 0.250.